The smallest absolute Gasteiger partial charge is 0.227 e. The van der Waals surface area contributed by atoms with Crippen LogP contribution in [0.15, 0.2) is 0 Å². The Hall–Kier alpha value is -0.570. The van der Waals surface area contributed by atoms with Gasteiger partial charge in [-0.05, 0) is 25.7 Å². The van der Waals surface area contributed by atoms with Crippen LogP contribution in [0.4, 0.5) is 0 Å². The summed E-state index contributed by atoms with van der Waals surface area (Å²) >= 11 is 0. The van der Waals surface area contributed by atoms with E-state index < -0.39 is 0 Å². The van der Waals surface area contributed by atoms with Gasteiger partial charge in [-0.25, -0.2) is 0 Å². The third-order valence-electron chi connectivity index (χ3n) is 4.77. The van der Waals surface area contributed by atoms with Gasteiger partial charge in [0.15, 0.2) is 0 Å². The minimum Gasteiger partial charge on any atom is -0.353 e. The van der Waals surface area contributed by atoms with Crippen molar-refractivity contribution in [3.8, 4) is 0 Å². The average Bonchev–Trinajstić information content (AvgIpc) is 2.41. The van der Waals surface area contributed by atoms with Gasteiger partial charge in [-0.2, -0.15) is 0 Å². The molecule has 1 aliphatic rings. The van der Waals surface area contributed by atoms with Crippen molar-refractivity contribution < 1.29 is 4.79 Å². The number of amides is 1. The van der Waals surface area contributed by atoms with Crippen LogP contribution in [0.2, 0.25) is 0 Å². The van der Waals surface area contributed by atoms with Crippen LogP contribution in [0, 0.1) is 5.41 Å². The molecule has 0 spiro atoms. The molecule has 0 radical (unpaired) electrons. The van der Waals surface area contributed by atoms with E-state index in [-0.39, 0.29) is 11.3 Å². The first-order valence-corrected chi connectivity index (χ1v) is 8.69. The Morgan fingerprint density at radius 2 is 1.55 bits per heavy atom. The Kier molecular flexibility index (Phi) is 8.20. The van der Waals surface area contributed by atoms with Crippen LogP contribution >= 0.6 is 0 Å². The summed E-state index contributed by atoms with van der Waals surface area (Å²) in [7, 11) is 0. The normalized spacial score (nSPS) is 18.4. The first-order valence-electron chi connectivity index (χ1n) is 8.69. The topological polar surface area (TPSA) is 55.1 Å². The third-order valence-corrected chi connectivity index (χ3v) is 4.77. The van der Waals surface area contributed by atoms with Crippen LogP contribution < -0.4 is 11.1 Å². The molecule has 0 bridgehead atoms. The van der Waals surface area contributed by atoms with Gasteiger partial charge in [0.25, 0.3) is 0 Å². The minimum atomic E-state index is -0.328. The van der Waals surface area contributed by atoms with Crippen LogP contribution in [-0.2, 0) is 4.79 Å². The lowest BCUT2D eigenvalue weighted by Gasteiger charge is -2.33. The Labute approximate surface area is 125 Å². The summed E-state index contributed by atoms with van der Waals surface area (Å²) in [5.41, 5.74) is 5.65. The second-order valence-electron chi connectivity index (χ2n) is 6.50. The molecular weight excluding hydrogens is 248 g/mol. The van der Waals surface area contributed by atoms with Crippen molar-refractivity contribution in [2.24, 2.45) is 11.1 Å². The van der Waals surface area contributed by atoms with Crippen LogP contribution in [-0.4, -0.2) is 18.5 Å². The molecule has 1 saturated carbocycles. The molecule has 1 amide bonds. The van der Waals surface area contributed by atoms with Crippen molar-refractivity contribution in [2.75, 3.05) is 6.54 Å². The van der Waals surface area contributed by atoms with E-state index in [1.807, 2.05) is 0 Å². The lowest BCUT2D eigenvalue weighted by molar-refractivity contribution is -0.132. The molecule has 3 heteroatoms. The number of carbonyl (C=O) groups is 1. The van der Waals surface area contributed by atoms with E-state index in [2.05, 4.69) is 19.2 Å². The molecule has 118 valence electrons. The van der Waals surface area contributed by atoms with Gasteiger partial charge in [-0.3, -0.25) is 4.79 Å². The van der Waals surface area contributed by atoms with Crippen molar-refractivity contribution in [3.05, 3.63) is 0 Å². The Bertz CT molecular complexity index is 264. The highest BCUT2D eigenvalue weighted by Gasteiger charge is 2.36. The molecule has 20 heavy (non-hydrogen) atoms. The highest BCUT2D eigenvalue weighted by atomic mass is 16.2. The number of nitrogens with two attached hydrogens (primary N) is 1. The second kappa shape index (κ2) is 9.38. The van der Waals surface area contributed by atoms with Gasteiger partial charge in [0.1, 0.15) is 0 Å². The summed E-state index contributed by atoms with van der Waals surface area (Å²) in [5.74, 6) is 0.217. The van der Waals surface area contributed by atoms with Gasteiger partial charge in [0, 0.05) is 12.6 Å². The van der Waals surface area contributed by atoms with E-state index in [9.17, 15) is 4.79 Å². The van der Waals surface area contributed by atoms with E-state index in [1.165, 1.54) is 32.1 Å². The molecule has 0 atom stereocenters. The standard InChI is InChI=1S/C17H34N2O/c1-3-12-17(14-18,13-4-2)16(20)19-15-10-8-6-5-7-9-11-15/h15H,3-14,18H2,1-2H3,(H,19,20). The number of hydrogen-bond acceptors (Lipinski definition) is 2. The number of rotatable bonds is 7. The molecule has 0 unspecified atom stereocenters. The predicted octanol–water partition coefficient (Wildman–Crippen LogP) is 3.76. The molecule has 0 aromatic carbocycles. The monoisotopic (exact) mass is 282 g/mol. The summed E-state index contributed by atoms with van der Waals surface area (Å²) in [6, 6.07) is 0.377. The fraction of sp³-hybridized carbons (Fsp3) is 0.941. The minimum absolute atomic E-state index is 0.217. The van der Waals surface area contributed by atoms with Crippen molar-refractivity contribution in [1.82, 2.24) is 5.32 Å². The predicted molar refractivity (Wildman–Crippen MR) is 85.6 cm³/mol. The molecule has 1 rings (SSSR count). The fourth-order valence-electron chi connectivity index (χ4n) is 3.54. The van der Waals surface area contributed by atoms with Gasteiger partial charge < -0.3 is 11.1 Å². The number of hydrogen-bond donors (Lipinski definition) is 2. The van der Waals surface area contributed by atoms with Gasteiger partial charge in [-0.15, -0.1) is 0 Å². The summed E-state index contributed by atoms with van der Waals surface area (Å²) in [5, 5.41) is 3.33. The van der Waals surface area contributed by atoms with E-state index >= 15 is 0 Å². The maximum atomic E-state index is 12.8. The summed E-state index contributed by atoms with van der Waals surface area (Å²) in [6.45, 7) is 4.76. The largest absolute Gasteiger partial charge is 0.353 e. The SMILES string of the molecule is CCCC(CN)(CCC)C(=O)NC1CCCCCCC1. The maximum Gasteiger partial charge on any atom is 0.227 e. The van der Waals surface area contributed by atoms with E-state index in [1.54, 1.807) is 0 Å². The fourth-order valence-corrected chi connectivity index (χ4v) is 3.54. The molecule has 1 aliphatic carbocycles. The Morgan fingerprint density at radius 3 is 2.00 bits per heavy atom. The van der Waals surface area contributed by atoms with Gasteiger partial charge in [-0.1, -0.05) is 58.8 Å². The maximum absolute atomic E-state index is 12.8. The highest BCUT2D eigenvalue weighted by molar-refractivity contribution is 5.83. The first kappa shape index (κ1) is 17.5. The second-order valence-corrected chi connectivity index (χ2v) is 6.50. The number of nitrogens with one attached hydrogen (secondary N) is 1. The Balaban J connectivity index is 2.63. The van der Waals surface area contributed by atoms with Crippen molar-refractivity contribution >= 4 is 5.91 Å². The molecular formula is C17H34N2O. The third kappa shape index (κ3) is 5.08. The van der Waals surface area contributed by atoms with Crippen LogP contribution in [0.25, 0.3) is 0 Å². The molecule has 0 aliphatic heterocycles. The van der Waals surface area contributed by atoms with E-state index in [0.717, 1.165) is 38.5 Å². The molecule has 0 aromatic rings. The van der Waals surface area contributed by atoms with E-state index in [0.29, 0.717) is 12.6 Å². The lowest BCUT2D eigenvalue weighted by Crippen LogP contribution is -2.49. The van der Waals surface area contributed by atoms with Gasteiger partial charge in [0.05, 0.1) is 5.41 Å². The zero-order valence-electron chi connectivity index (χ0n) is 13.5. The van der Waals surface area contributed by atoms with E-state index in [4.69, 9.17) is 5.73 Å². The zero-order chi connectivity index (χ0) is 14.8. The lowest BCUT2D eigenvalue weighted by atomic mass is 9.78. The highest BCUT2D eigenvalue weighted by Crippen LogP contribution is 2.30. The van der Waals surface area contributed by atoms with Gasteiger partial charge in [0.2, 0.25) is 5.91 Å². The van der Waals surface area contributed by atoms with Crippen molar-refractivity contribution in [3.63, 3.8) is 0 Å². The summed E-state index contributed by atoms with van der Waals surface area (Å²) < 4.78 is 0. The van der Waals surface area contributed by atoms with Gasteiger partial charge >= 0.3 is 0 Å². The molecule has 1 fully saturated rings. The quantitative estimate of drug-likeness (QED) is 0.747. The van der Waals surface area contributed by atoms with Crippen molar-refractivity contribution in [2.45, 2.75) is 90.5 Å². The molecule has 3 nitrogen and oxygen atoms in total. The summed E-state index contributed by atoms with van der Waals surface area (Å²) in [4.78, 5) is 12.8. The molecule has 0 aromatic heterocycles. The number of carbonyl (C=O) groups excluding carboxylic acids is 1. The van der Waals surface area contributed by atoms with Crippen LogP contribution in [0.1, 0.15) is 84.5 Å². The Morgan fingerprint density at radius 1 is 1.05 bits per heavy atom. The summed E-state index contributed by atoms with van der Waals surface area (Å²) in [6.07, 6.45) is 12.7. The zero-order valence-corrected chi connectivity index (χ0v) is 13.5. The molecule has 0 saturated heterocycles. The molecule has 3 N–H and O–H groups in total. The molecule has 0 heterocycles. The first-order chi connectivity index (χ1) is 9.68. The van der Waals surface area contributed by atoms with Crippen LogP contribution in [0.5, 0.6) is 0 Å². The van der Waals surface area contributed by atoms with Crippen LogP contribution in [0.3, 0.4) is 0 Å². The average molecular weight is 282 g/mol. The van der Waals surface area contributed by atoms with Crippen molar-refractivity contribution in [1.29, 1.82) is 0 Å².